The minimum Gasteiger partial charge on any atom is -0.372 e. The highest BCUT2D eigenvalue weighted by atomic mass is 16.6. The summed E-state index contributed by atoms with van der Waals surface area (Å²) in [5.74, 6) is 0.379. The summed E-state index contributed by atoms with van der Waals surface area (Å²) < 4.78 is 5.56. The van der Waals surface area contributed by atoms with Gasteiger partial charge in [-0.25, -0.2) is 0 Å². The van der Waals surface area contributed by atoms with E-state index in [9.17, 15) is 0 Å². The number of aryl methyl sites for hydroxylation is 2. The first-order valence-electron chi connectivity index (χ1n) is 8.49. The molecule has 0 spiro atoms. The maximum Gasteiger partial charge on any atom is 0.0918 e. The van der Waals surface area contributed by atoms with Crippen LogP contribution in [0.4, 0.5) is 0 Å². The van der Waals surface area contributed by atoms with Crippen LogP contribution in [-0.4, -0.2) is 12.7 Å². The zero-order chi connectivity index (χ0) is 16.5. The van der Waals surface area contributed by atoms with E-state index in [1.807, 2.05) is 27.7 Å². The fourth-order valence-electron chi connectivity index (χ4n) is 2.60. The maximum absolute atomic E-state index is 5.56. The summed E-state index contributed by atoms with van der Waals surface area (Å²) in [6, 6.07) is 17.5. The Bertz CT molecular complexity index is 510. The predicted octanol–water partition coefficient (Wildman–Crippen LogP) is 5.89. The van der Waals surface area contributed by atoms with Gasteiger partial charge in [0.15, 0.2) is 0 Å². The molecule has 0 aromatic heterocycles. The van der Waals surface area contributed by atoms with Crippen LogP contribution in [0.25, 0.3) is 0 Å². The summed E-state index contributed by atoms with van der Waals surface area (Å²) in [6.07, 6.45) is 0.355. The van der Waals surface area contributed by atoms with E-state index >= 15 is 0 Å². The van der Waals surface area contributed by atoms with Crippen molar-refractivity contribution in [1.82, 2.24) is 0 Å². The summed E-state index contributed by atoms with van der Waals surface area (Å²) in [4.78, 5) is 0. The minimum atomic E-state index is 0.355. The summed E-state index contributed by atoms with van der Waals surface area (Å²) in [5.41, 5.74) is 5.35. The van der Waals surface area contributed by atoms with Gasteiger partial charge < -0.3 is 4.74 Å². The topological polar surface area (TPSA) is 12.5 Å². The largest absolute Gasteiger partial charge is 0.372 e. The van der Waals surface area contributed by atoms with Gasteiger partial charge in [-0.1, -0.05) is 87.4 Å². The Labute approximate surface area is 136 Å². The van der Waals surface area contributed by atoms with Crippen LogP contribution in [0.2, 0.25) is 0 Å². The van der Waals surface area contributed by atoms with Crippen molar-refractivity contribution in [3.8, 4) is 0 Å². The first-order valence-corrected chi connectivity index (χ1v) is 8.49. The Morgan fingerprint density at radius 2 is 1.23 bits per heavy atom. The summed E-state index contributed by atoms with van der Waals surface area (Å²) >= 11 is 0. The third kappa shape index (κ3) is 4.99. The summed E-state index contributed by atoms with van der Waals surface area (Å²) in [5, 5.41) is 0. The Kier molecular flexibility index (Phi) is 7.90. The highest BCUT2D eigenvalue weighted by Gasteiger charge is 2.34. The van der Waals surface area contributed by atoms with Crippen molar-refractivity contribution in [3.63, 3.8) is 0 Å². The van der Waals surface area contributed by atoms with Crippen LogP contribution in [-0.2, 0) is 4.74 Å². The van der Waals surface area contributed by atoms with E-state index in [1.165, 1.54) is 22.3 Å². The van der Waals surface area contributed by atoms with Crippen LogP contribution in [0, 0.1) is 13.8 Å². The molecule has 22 heavy (non-hydrogen) atoms. The Morgan fingerprint density at radius 1 is 0.818 bits per heavy atom. The molecule has 1 nitrogen and oxygen atoms in total. The first-order chi connectivity index (χ1) is 10.7. The standard InChI is InChI=1S/C17H18O.2C2H6/c1-12-5-3-7-14(9-12)17(16-11-18-16)15-8-4-6-13(2)10-15;2*1-2/h3-10,16-17H,11H2,1-2H3;2*1-2H3. The second-order valence-corrected chi connectivity index (χ2v) is 5.18. The summed E-state index contributed by atoms with van der Waals surface area (Å²) in [6.45, 7) is 13.2. The molecule has 0 N–H and O–H groups in total. The number of epoxide rings is 1. The fraction of sp³-hybridized carbons (Fsp3) is 0.429. The normalized spacial score (nSPS) is 15.3. The average molecular weight is 298 g/mol. The zero-order valence-electron chi connectivity index (χ0n) is 14.9. The van der Waals surface area contributed by atoms with Crippen LogP contribution in [0.3, 0.4) is 0 Å². The molecule has 2 aromatic rings. The van der Waals surface area contributed by atoms with E-state index in [1.54, 1.807) is 0 Å². The number of benzene rings is 2. The van der Waals surface area contributed by atoms with Crippen LogP contribution in [0.5, 0.6) is 0 Å². The number of hydrogen-bond acceptors (Lipinski definition) is 1. The lowest BCUT2D eigenvalue weighted by Crippen LogP contribution is -2.08. The third-order valence-electron chi connectivity index (χ3n) is 3.53. The molecule has 1 fully saturated rings. The number of ether oxygens (including phenoxy) is 1. The van der Waals surface area contributed by atoms with E-state index < -0.39 is 0 Å². The molecule has 1 unspecified atom stereocenters. The van der Waals surface area contributed by atoms with Gasteiger partial charge in [0.25, 0.3) is 0 Å². The molecule has 2 aromatic carbocycles. The van der Waals surface area contributed by atoms with Crippen molar-refractivity contribution in [2.45, 2.75) is 53.6 Å². The van der Waals surface area contributed by atoms with E-state index in [0.29, 0.717) is 12.0 Å². The van der Waals surface area contributed by atoms with Crippen molar-refractivity contribution >= 4 is 0 Å². The van der Waals surface area contributed by atoms with Crippen molar-refractivity contribution < 1.29 is 4.74 Å². The lowest BCUT2D eigenvalue weighted by molar-refractivity contribution is 0.389. The van der Waals surface area contributed by atoms with Crippen LogP contribution >= 0.6 is 0 Å². The molecule has 1 heteroatoms. The SMILES string of the molecule is CC.CC.Cc1cccc(C(c2cccc(C)c2)C2CO2)c1. The van der Waals surface area contributed by atoms with Gasteiger partial charge in [-0.05, 0) is 25.0 Å². The number of rotatable bonds is 3. The molecule has 0 saturated carbocycles. The minimum absolute atomic E-state index is 0.355. The Hall–Kier alpha value is -1.60. The quantitative estimate of drug-likeness (QED) is 0.644. The summed E-state index contributed by atoms with van der Waals surface area (Å²) in [7, 11) is 0. The molecular formula is C21H30O. The molecule has 120 valence electrons. The smallest absolute Gasteiger partial charge is 0.0918 e. The van der Waals surface area contributed by atoms with Crippen molar-refractivity contribution in [2.75, 3.05) is 6.61 Å². The van der Waals surface area contributed by atoms with Crippen LogP contribution < -0.4 is 0 Å². The molecule has 1 aliphatic rings. The molecule has 1 heterocycles. The third-order valence-corrected chi connectivity index (χ3v) is 3.53. The Balaban J connectivity index is 0.000000561. The van der Waals surface area contributed by atoms with Crippen molar-refractivity contribution in [1.29, 1.82) is 0 Å². The molecule has 1 atom stereocenters. The van der Waals surface area contributed by atoms with E-state index in [-0.39, 0.29) is 0 Å². The van der Waals surface area contributed by atoms with E-state index in [0.717, 1.165) is 6.61 Å². The van der Waals surface area contributed by atoms with Gasteiger partial charge in [0.05, 0.1) is 12.7 Å². The van der Waals surface area contributed by atoms with Gasteiger partial charge in [0, 0.05) is 5.92 Å². The molecular weight excluding hydrogens is 268 g/mol. The van der Waals surface area contributed by atoms with Gasteiger partial charge in [-0.3, -0.25) is 0 Å². The fourth-order valence-corrected chi connectivity index (χ4v) is 2.60. The lowest BCUT2D eigenvalue weighted by Gasteiger charge is -2.16. The number of hydrogen-bond donors (Lipinski definition) is 0. The highest BCUT2D eigenvalue weighted by Crippen LogP contribution is 2.36. The zero-order valence-corrected chi connectivity index (χ0v) is 14.9. The molecule has 0 radical (unpaired) electrons. The van der Waals surface area contributed by atoms with Gasteiger partial charge in [0.2, 0.25) is 0 Å². The maximum atomic E-state index is 5.56. The molecule has 1 aliphatic heterocycles. The van der Waals surface area contributed by atoms with Crippen LogP contribution in [0.15, 0.2) is 48.5 Å². The highest BCUT2D eigenvalue weighted by molar-refractivity contribution is 5.38. The van der Waals surface area contributed by atoms with E-state index in [2.05, 4.69) is 62.4 Å². The van der Waals surface area contributed by atoms with Gasteiger partial charge in [-0.2, -0.15) is 0 Å². The lowest BCUT2D eigenvalue weighted by atomic mass is 9.87. The molecule has 1 saturated heterocycles. The van der Waals surface area contributed by atoms with Crippen molar-refractivity contribution in [2.24, 2.45) is 0 Å². The van der Waals surface area contributed by atoms with Crippen LogP contribution in [0.1, 0.15) is 55.9 Å². The molecule has 3 rings (SSSR count). The molecule has 0 aliphatic carbocycles. The second-order valence-electron chi connectivity index (χ2n) is 5.18. The van der Waals surface area contributed by atoms with Gasteiger partial charge >= 0.3 is 0 Å². The average Bonchev–Trinajstić information content (AvgIpc) is 3.37. The molecule has 0 amide bonds. The predicted molar refractivity (Wildman–Crippen MR) is 96.6 cm³/mol. The van der Waals surface area contributed by atoms with Gasteiger partial charge in [-0.15, -0.1) is 0 Å². The monoisotopic (exact) mass is 298 g/mol. The second kappa shape index (κ2) is 9.42. The molecule has 0 bridgehead atoms. The van der Waals surface area contributed by atoms with Crippen molar-refractivity contribution in [3.05, 3.63) is 70.8 Å². The van der Waals surface area contributed by atoms with E-state index in [4.69, 9.17) is 4.74 Å². The first kappa shape index (κ1) is 18.4. The van der Waals surface area contributed by atoms with Gasteiger partial charge in [0.1, 0.15) is 0 Å². The Morgan fingerprint density at radius 3 is 1.55 bits per heavy atom.